The van der Waals surface area contributed by atoms with E-state index in [0.29, 0.717) is 18.2 Å². The Balaban J connectivity index is 2.29. The van der Waals surface area contributed by atoms with Crippen molar-refractivity contribution in [3.63, 3.8) is 0 Å². The minimum atomic E-state index is -0.816. The minimum absolute atomic E-state index is 0.0545. The number of hydrogen-bond donors (Lipinski definition) is 1. The summed E-state index contributed by atoms with van der Waals surface area (Å²) in [5, 5.41) is 9.74. The number of halogens is 2. The van der Waals surface area contributed by atoms with Gasteiger partial charge in [0, 0.05) is 28.6 Å². The zero-order valence-electron chi connectivity index (χ0n) is 10.3. The number of morpholine rings is 1. The lowest BCUT2D eigenvalue weighted by Crippen LogP contribution is -2.40. The van der Waals surface area contributed by atoms with E-state index in [-0.39, 0.29) is 12.5 Å². The highest BCUT2D eigenvalue weighted by Gasteiger charge is 2.26. The van der Waals surface area contributed by atoms with Crippen molar-refractivity contribution in [2.45, 2.75) is 12.5 Å². The van der Waals surface area contributed by atoms with Gasteiger partial charge in [0.05, 0.1) is 19.6 Å². The molecule has 1 aliphatic rings. The molecule has 1 N–H and O–H groups in total. The fourth-order valence-electron chi connectivity index (χ4n) is 2.26. The van der Waals surface area contributed by atoms with Gasteiger partial charge in [-0.25, -0.2) is 0 Å². The summed E-state index contributed by atoms with van der Waals surface area (Å²) in [7, 11) is 0. The van der Waals surface area contributed by atoms with E-state index >= 15 is 0 Å². The van der Waals surface area contributed by atoms with Gasteiger partial charge in [-0.05, 0) is 23.8 Å². The molecule has 104 valence electrons. The van der Waals surface area contributed by atoms with E-state index in [1.54, 1.807) is 6.07 Å². The Labute approximate surface area is 125 Å². The molecule has 0 aliphatic carbocycles. The molecule has 0 spiro atoms. The van der Waals surface area contributed by atoms with E-state index in [2.05, 4.69) is 20.8 Å². The van der Waals surface area contributed by atoms with E-state index in [9.17, 15) is 4.79 Å². The number of carboxylic acid groups (broad SMARTS) is 1. The number of nitrogens with zero attached hydrogens (tertiary/aromatic N) is 1. The first-order chi connectivity index (χ1) is 9.08. The first kappa shape index (κ1) is 14.8. The third-order valence-electron chi connectivity index (χ3n) is 3.17. The van der Waals surface area contributed by atoms with Crippen LogP contribution in [0.1, 0.15) is 18.0 Å². The Morgan fingerprint density at radius 3 is 2.79 bits per heavy atom. The standard InChI is InChI=1S/C13H15BrClNO3/c14-11-2-1-9(15)7-10(11)12(8-13(17)18)16-3-5-19-6-4-16/h1-2,7,12H,3-6,8H2,(H,17,18). The maximum atomic E-state index is 11.1. The molecular weight excluding hydrogens is 334 g/mol. The van der Waals surface area contributed by atoms with Gasteiger partial charge in [0.25, 0.3) is 0 Å². The third-order valence-corrected chi connectivity index (χ3v) is 4.13. The van der Waals surface area contributed by atoms with Crippen molar-refractivity contribution in [2.75, 3.05) is 26.3 Å². The van der Waals surface area contributed by atoms with E-state index < -0.39 is 5.97 Å². The molecule has 1 fully saturated rings. The summed E-state index contributed by atoms with van der Waals surface area (Å²) in [5.41, 5.74) is 0.914. The zero-order chi connectivity index (χ0) is 13.8. The van der Waals surface area contributed by atoms with E-state index in [1.165, 1.54) is 0 Å². The first-order valence-electron chi connectivity index (χ1n) is 6.06. The Hall–Kier alpha value is -0.620. The van der Waals surface area contributed by atoms with Crippen LogP contribution in [0.25, 0.3) is 0 Å². The molecule has 4 nitrogen and oxygen atoms in total. The van der Waals surface area contributed by atoms with Crippen molar-refractivity contribution in [3.8, 4) is 0 Å². The molecule has 0 aromatic heterocycles. The van der Waals surface area contributed by atoms with Crippen LogP contribution in [0.4, 0.5) is 0 Å². The quantitative estimate of drug-likeness (QED) is 0.909. The van der Waals surface area contributed by atoms with Crippen molar-refractivity contribution in [3.05, 3.63) is 33.3 Å². The molecule has 1 heterocycles. The average Bonchev–Trinajstić information content (AvgIpc) is 2.40. The fraction of sp³-hybridized carbons (Fsp3) is 0.462. The van der Waals surface area contributed by atoms with Crippen LogP contribution in [0.2, 0.25) is 5.02 Å². The zero-order valence-corrected chi connectivity index (χ0v) is 12.7. The van der Waals surface area contributed by atoms with E-state index in [4.69, 9.17) is 21.4 Å². The Kier molecular flexibility index (Phi) is 5.21. The predicted molar refractivity (Wildman–Crippen MR) is 76.5 cm³/mol. The number of hydrogen-bond acceptors (Lipinski definition) is 3. The molecule has 6 heteroatoms. The van der Waals surface area contributed by atoms with Crippen molar-refractivity contribution >= 4 is 33.5 Å². The molecule has 0 radical (unpaired) electrons. The normalized spacial score (nSPS) is 18.2. The summed E-state index contributed by atoms with van der Waals surface area (Å²) in [4.78, 5) is 13.2. The summed E-state index contributed by atoms with van der Waals surface area (Å²) in [6.45, 7) is 2.73. The van der Waals surface area contributed by atoms with Crippen LogP contribution >= 0.6 is 27.5 Å². The highest BCUT2D eigenvalue weighted by atomic mass is 79.9. The number of ether oxygens (including phenoxy) is 1. The number of carboxylic acids is 1. The smallest absolute Gasteiger partial charge is 0.305 e. The summed E-state index contributed by atoms with van der Waals surface area (Å²) >= 11 is 9.50. The molecular formula is C13H15BrClNO3. The molecule has 1 saturated heterocycles. The lowest BCUT2D eigenvalue weighted by atomic mass is 10.0. The highest BCUT2D eigenvalue weighted by Crippen LogP contribution is 2.33. The molecule has 1 aliphatic heterocycles. The second kappa shape index (κ2) is 6.70. The summed E-state index contributed by atoms with van der Waals surface area (Å²) < 4.78 is 6.20. The maximum absolute atomic E-state index is 11.1. The minimum Gasteiger partial charge on any atom is -0.481 e. The van der Waals surface area contributed by atoms with E-state index in [1.807, 2.05) is 12.1 Å². The second-order valence-corrected chi connectivity index (χ2v) is 5.72. The second-order valence-electron chi connectivity index (χ2n) is 4.43. The van der Waals surface area contributed by atoms with Gasteiger partial charge in [0.2, 0.25) is 0 Å². The number of carbonyl (C=O) groups is 1. The average molecular weight is 349 g/mol. The van der Waals surface area contributed by atoms with Crippen LogP contribution in [0, 0.1) is 0 Å². The van der Waals surface area contributed by atoms with Crippen LogP contribution in [0.15, 0.2) is 22.7 Å². The van der Waals surface area contributed by atoms with Gasteiger partial charge >= 0.3 is 5.97 Å². The molecule has 0 saturated carbocycles. The third kappa shape index (κ3) is 3.92. The van der Waals surface area contributed by atoms with Crippen molar-refractivity contribution in [1.82, 2.24) is 4.90 Å². The van der Waals surface area contributed by atoms with Gasteiger partial charge in [-0.2, -0.15) is 0 Å². The van der Waals surface area contributed by atoms with Gasteiger partial charge in [0.1, 0.15) is 0 Å². The van der Waals surface area contributed by atoms with E-state index in [0.717, 1.165) is 23.1 Å². The lowest BCUT2D eigenvalue weighted by molar-refractivity contribution is -0.139. The highest BCUT2D eigenvalue weighted by molar-refractivity contribution is 9.10. The molecule has 1 unspecified atom stereocenters. The van der Waals surface area contributed by atoms with Crippen molar-refractivity contribution < 1.29 is 14.6 Å². The fourth-order valence-corrected chi connectivity index (χ4v) is 2.95. The van der Waals surface area contributed by atoms with Crippen molar-refractivity contribution in [2.24, 2.45) is 0 Å². The first-order valence-corrected chi connectivity index (χ1v) is 7.23. The number of benzene rings is 1. The molecule has 2 rings (SSSR count). The topological polar surface area (TPSA) is 49.8 Å². The summed E-state index contributed by atoms with van der Waals surface area (Å²) in [6, 6.07) is 5.28. The summed E-state index contributed by atoms with van der Waals surface area (Å²) in [6.07, 6.45) is 0.0545. The number of aliphatic carboxylic acids is 1. The molecule has 0 amide bonds. The van der Waals surface area contributed by atoms with Crippen LogP contribution in [-0.4, -0.2) is 42.3 Å². The molecule has 19 heavy (non-hydrogen) atoms. The van der Waals surface area contributed by atoms with Gasteiger partial charge in [-0.15, -0.1) is 0 Å². The monoisotopic (exact) mass is 347 g/mol. The lowest BCUT2D eigenvalue weighted by Gasteiger charge is -2.34. The van der Waals surface area contributed by atoms with Crippen LogP contribution in [0.3, 0.4) is 0 Å². The van der Waals surface area contributed by atoms with Crippen LogP contribution in [0.5, 0.6) is 0 Å². The van der Waals surface area contributed by atoms with Gasteiger partial charge in [0.15, 0.2) is 0 Å². The molecule has 1 atom stereocenters. The predicted octanol–water partition coefficient (Wildman–Crippen LogP) is 2.95. The Bertz CT molecular complexity index is 463. The SMILES string of the molecule is O=C(O)CC(c1cc(Cl)ccc1Br)N1CCOCC1. The van der Waals surface area contributed by atoms with Crippen LogP contribution in [-0.2, 0) is 9.53 Å². The Morgan fingerprint density at radius 2 is 2.16 bits per heavy atom. The largest absolute Gasteiger partial charge is 0.481 e. The Morgan fingerprint density at radius 1 is 1.47 bits per heavy atom. The van der Waals surface area contributed by atoms with Gasteiger partial charge < -0.3 is 9.84 Å². The number of rotatable bonds is 4. The van der Waals surface area contributed by atoms with Crippen molar-refractivity contribution in [1.29, 1.82) is 0 Å². The molecule has 1 aromatic carbocycles. The maximum Gasteiger partial charge on any atom is 0.305 e. The van der Waals surface area contributed by atoms with Crippen LogP contribution < -0.4 is 0 Å². The van der Waals surface area contributed by atoms with Gasteiger partial charge in [-0.3, -0.25) is 9.69 Å². The molecule has 0 bridgehead atoms. The summed E-state index contributed by atoms with van der Waals surface area (Å²) in [5.74, 6) is -0.816. The van der Waals surface area contributed by atoms with Gasteiger partial charge in [-0.1, -0.05) is 27.5 Å². The molecule has 1 aromatic rings.